The Balaban J connectivity index is 1.62. The van der Waals surface area contributed by atoms with Crippen LogP contribution in [0.1, 0.15) is 11.1 Å². The van der Waals surface area contributed by atoms with Crippen LogP contribution in [0, 0.1) is 6.92 Å². The molecule has 9 heteroatoms. The van der Waals surface area contributed by atoms with Crippen molar-refractivity contribution in [3.63, 3.8) is 0 Å². The average molecular weight is 404 g/mol. The molecule has 152 valence electrons. The quantitative estimate of drug-likeness (QED) is 0.486. The maximum atomic E-state index is 12.3. The minimum atomic E-state index is -0.335. The molecule has 9 nitrogen and oxygen atoms in total. The van der Waals surface area contributed by atoms with Crippen LogP contribution in [0.3, 0.4) is 0 Å². The molecule has 0 unspecified atom stereocenters. The molecule has 0 saturated carbocycles. The van der Waals surface area contributed by atoms with E-state index in [1.54, 1.807) is 32.5 Å². The van der Waals surface area contributed by atoms with Gasteiger partial charge in [-0.25, -0.2) is 9.78 Å². The summed E-state index contributed by atoms with van der Waals surface area (Å²) in [5.74, 6) is 0.743. The molecule has 0 saturated heterocycles. The SMILES string of the molecule is COc1cccc(-c2ccnc(OCc3c(C)cccc3-n3nnn(C)c3=O)n2)c1. The molecule has 0 aliphatic heterocycles. The van der Waals surface area contributed by atoms with Gasteiger partial charge >= 0.3 is 11.7 Å². The van der Waals surface area contributed by atoms with Gasteiger partial charge in [-0.1, -0.05) is 24.3 Å². The van der Waals surface area contributed by atoms with Crippen LogP contribution < -0.4 is 15.2 Å². The molecule has 0 aliphatic carbocycles. The fraction of sp³-hybridized carbons (Fsp3) is 0.190. The van der Waals surface area contributed by atoms with Crippen LogP contribution >= 0.6 is 0 Å². The van der Waals surface area contributed by atoms with Gasteiger partial charge in [0.25, 0.3) is 0 Å². The van der Waals surface area contributed by atoms with E-state index in [4.69, 9.17) is 9.47 Å². The maximum Gasteiger partial charge on any atom is 0.368 e. The second-order valence-corrected chi connectivity index (χ2v) is 6.61. The Morgan fingerprint density at radius 2 is 1.90 bits per heavy atom. The molecule has 0 radical (unpaired) electrons. The van der Waals surface area contributed by atoms with E-state index in [9.17, 15) is 4.79 Å². The number of aryl methyl sites for hydroxylation is 2. The summed E-state index contributed by atoms with van der Waals surface area (Å²) >= 11 is 0. The Morgan fingerprint density at radius 3 is 2.67 bits per heavy atom. The van der Waals surface area contributed by atoms with Gasteiger partial charge in [0.05, 0.1) is 18.5 Å². The molecular weight excluding hydrogens is 384 g/mol. The molecule has 0 amide bonds. The van der Waals surface area contributed by atoms with E-state index in [0.29, 0.717) is 11.4 Å². The van der Waals surface area contributed by atoms with Gasteiger partial charge < -0.3 is 9.47 Å². The molecule has 0 atom stereocenters. The molecule has 0 aliphatic rings. The molecule has 0 bridgehead atoms. The first-order chi connectivity index (χ1) is 14.6. The van der Waals surface area contributed by atoms with E-state index in [2.05, 4.69) is 20.4 Å². The topological polar surface area (TPSA) is 97.0 Å². The van der Waals surface area contributed by atoms with E-state index in [-0.39, 0.29) is 18.3 Å². The molecule has 2 aromatic carbocycles. The van der Waals surface area contributed by atoms with Crippen molar-refractivity contribution in [2.75, 3.05) is 7.11 Å². The van der Waals surface area contributed by atoms with Crippen molar-refractivity contribution in [2.45, 2.75) is 13.5 Å². The number of ether oxygens (including phenoxy) is 2. The van der Waals surface area contributed by atoms with Gasteiger partial charge in [0.1, 0.15) is 12.4 Å². The number of nitrogens with zero attached hydrogens (tertiary/aromatic N) is 6. The third-order valence-corrected chi connectivity index (χ3v) is 4.68. The Kier molecular flexibility index (Phi) is 5.25. The second kappa shape index (κ2) is 8.16. The van der Waals surface area contributed by atoms with Gasteiger partial charge in [-0.15, -0.1) is 0 Å². The van der Waals surface area contributed by atoms with Crippen LogP contribution in [-0.2, 0) is 13.7 Å². The number of hydrogen-bond donors (Lipinski definition) is 0. The molecule has 0 N–H and O–H groups in total. The summed E-state index contributed by atoms with van der Waals surface area (Å²) in [6.45, 7) is 2.11. The van der Waals surface area contributed by atoms with Gasteiger partial charge in [0, 0.05) is 24.4 Å². The van der Waals surface area contributed by atoms with Crippen molar-refractivity contribution in [3.8, 4) is 28.7 Å². The number of methoxy groups -OCH3 is 1. The third kappa shape index (κ3) is 3.77. The number of benzene rings is 2. The first-order valence-corrected chi connectivity index (χ1v) is 9.25. The van der Waals surface area contributed by atoms with Crippen molar-refractivity contribution in [2.24, 2.45) is 7.05 Å². The predicted molar refractivity (Wildman–Crippen MR) is 110 cm³/mol. The molecule has 4 rings (SSSR count). The van der Waals surface area contributed by atoms with Crippen LogP contribution in [0.4, 0.5) is 0 Å². The van der Waals surface area contributed by atoms with Crippen LogP contribution in [0.15, 0.2) is 59.5 Å². The van der Waals surface area contributed by atoms with E-state index < -0.39 is 0 Å². The Morgan fingerprint density at radius 1 is 1.07 bits per heavy atom. The Bertz CT molecular complexity index is 1250. The van der Waals surface area contributed by atoms with Crippen molar-refractivity contribution in [1.82, 2.24) is 29.8 Å². The first-order valence-electron chi connectivity index (χ1n) is 9.25. The predicted octanol–water partition coefficient (Wildman–Crippen LogP) is 2.32. The number of rotatable bonds is 6. The standard InChI is InChI=1S/C21H20N6O3/c1-14-6-4-9-19(27-21(28)26(2)24-25-27)17(14)13-30-20-22-11-10-18(23-20)15-7-5-8-16(12-15)29-3/h4-12H,13H2,1-3H3. The summed E-state index contributed by atoms with van der Waals surface area (Å²) in [6.07, 6.45) is 1.64. The average Bonchev–Trinajstić information content (AvgIpc) is 3.11. The first kappa shape index (κ1) is 19.3. The summed E-state index contributed by atoms with van der Waals surface area (Å²) < 4.78 is 13.6. The van der Waals surface area contributed by atoms with Crippen molar-refractivity contribution in [3.05, 3.63) is 76.3 Å². The van der Waals surface area contributed by atoms with Gasteiger partial charge in [-0.2, -0.15) is 14.3 Å². The lowest BCUT2D eigenvalue weighted by Gasteiger charge is -2.12. The van der Waals surface area contributed by atoms with E-state index in [1.807, 2.05) is 43.3 Å². The van der Waals surface area contributed by atoms with Crippen LogP contribution in [0.5, 0.6) is 11.8 Å². The zero-order chi connectivity index (χ0) is 21.1. The lowest BCUT2D eigenvalue weighted by atomic mass is 10.1. The minimum absolute atomic E-state index is 0.173. The zero-order valence-electron chi connectivity index (χ0n) is 16.8. The highest BCUT2D eigenvalue weighted by atomic mass is 16.5. The van der Waals surface area contributed by atoms with Crippen LogP contribution in [0.2, 0.25) is 0 Å². The van der Waals surface area contributed by atoms with Gasteiger partial charge in [0.2, 0.25) is 0 Å². The van der Waals surface area contributed by atoms with Gasteiger partial charge in [0.15, 0.2) is 0 Å². The molecule has 30 heavy (non-hydrogen) atoms. The van der Waals surface area contributed by atoms with E-state index in [0.717, 1.165) is 22.4 Å². The van der Waals surface area contributed by atoms with Crippen molar-refractivity contribution < 1.29 is 9.47 Å². The second-order valence-electron chi connectivity index (χ2n) is 6.61. The van der Waals surface area contributed by atoms with Gasteiger partial charge in [-0.3, -0.25) is 0 Å². The van der Waals surface area contributed by atoms with Crippen molar-refractivity contribution in [1.29, 1.82) is 0 Å². The smallest absolute Gasteiger partial charge is 0.368 e. The maximum absolute atomic E-state index is 12.3. The number of hydrogen-bond acceptors (Lipinski definition) is 7. The van der Waals surface area contributed by atoms with E-state index >= 15 is 0 Å². The summed E-state index contributed by atoms with van der Waals surface area (Å²) in [5.41, 5.74) is 3.64. The molecular formula is C21H20N6O3. The summed E-state index contributed by atoms with van der Waals surface area (Å²) in [5, 5.41) is 7.71. The van der Waals surface area contributed by atoms with Crippen LogP contribution in [0.25, 0.3) is 16.9 Å². The molecule has 2 heterocycles. The minimum Gasteiger partial charge on any atom is -0.497 e. The highest BCUT2D eigenvalue weighted by Gasteiger charge is 2.14. The molecule has 4 aromatic rings. The monoisotopic (exact) mass is 404 g/mol. The molecule has 0 fully saturated rings. The van der Waals surface area contributed by atoms with Crippen LogP contribution in [-0.4, -0.2) is 36.9 Å². The summed E-state index contributed by atoms with van der Waals surface area (Å²) in [4.78, 5) is 21.0. The van der Waals surface area contributed by atoms with E-state index in [1.165, 1.54) is 9.36 Å². The van der Waals surface area contributed by atoms with Crippen molar-refractivity contribution >= 4 is 0 Å². The number of tetrazole rings is 1. The summed E-state index contributed by atoms with van der Waals surface area (Å²) in [7, 11) is 3.17. The lowest BCUT2D eigenvalue weighted by molar-refractivity contribution is 0.280. The molecule has 0 spiro atoms. The zero-order valence-corrected chi connectivity index (χ0v) is 16.8. The largest absolute Gasteiger partial charge is 0.497 e. The summed E-state index contributed by atoms with van der Waals surface area (Å²) in [6, 6.07) is 15.2. The Labute approximate surface area is 172 Å². The highest BCUT2D eigenvalue weighted by Crippen LogP contribution is 2.24. The normalized spacial score (nSPS) is 10.8. The lowest BCUT2D eigenvalue weighted by Crippen LogP contribution is -2.23. The Hall–Kier alpha value is -4.01. The number of aromatic nitrogens is 6. The third-order valence-electron chi connectivity index (χ3n) is 4.68. The van der Waals surface area contributed by atoms with Gasteiger partial charge in [-0.05, 0) is 47.2 Å². The highest BCUT2D eigenvalue weighted by molar-refractivity contribution is 5.61. The fourth-order valence-corrected chi connectivity index (χ4v) is 3.03. The fourth-order valence-electron chi connectivity index (χ4n) is 3.03. The molecule has 2 aromatic heterocycles.